The molecule has 0 aromatic rings. The lowest BCUT2D eigenvalue weighted by molar-refractivity contribution is -0.161. The van der Waals surface area contributed by atoms with Gasteiger partial charge in [-0.3, -0.25) is 37.3 Å². The van der Waals surface area contributed by atoms with Crippen molar-refractivity contribution in [3.05, 3.63) is 0 Å². The van der Waals surface area contributed by atoms with Crippen molar-refractivity contribution >= 4 is 39.5 Å². The summed E-state index contributed by atoms with van der Waals surface area (Å²) in [6, 6.07) is 0. The van der Waals surface area contributed by atoms with Crippen molar-refractivity contribution in [3.63, 3.8) is 0 Å². The van der Waals surface area contributed by atoms with Gasteiger partial charge in [-0.2, -0.15) is 0 Å². The fraction of sp³-hybridized carbons (Fsp3) is 0.949. The van der Waals surface area contributed by atoms with Crippen LogP contribution in [0.3, 0.4) is 0 Å². The van der Waals surface area contributed by atoms with E-state index in [-0.39, 0.29) is 25.7 Å². The first-order valence-electron chi connectivity index (χ1n) is 40.3. The maximum absolute atomic E-state index is 13.1. The van der Waals surface area contributed by atoms with Gasteiger partial charge in [-0.25, -0.2) is 9.13 Å². The predicted octanol–water partition coefficient (Wildman–Crippen LogP) is 23.0. The molecule has 0 aromatic heterocycles. The molecule has 0 radical (unpaired) electrons. The monoisotopic (exact) mass is 1420 g/mol. The number of hydrogen-bond donors (Lipinski definition) is 3. The Labute approximate surface area is 594 Å². The van der Waals surface area contributed by atoms with E-state index in [2.05, 4.69) is 48.5 Å². The molecule has 97 heavy (non-hydrogen) atoms. The highest BCUT2D eigenvalue weighted by atomic mass is 31.2. The van der Waals surface area contributed by atoms with Gasteiger partial charge < -0.3 is 33.8 Å². The van der Waals surface area contributed by atoms with Crippen LogP contribution in [0.2, 0.25) is 0 Å². The molecule has 576 valence electrons. The Morgan fingerprint density at radius 1 is 0.278 bits per heavy atom. The smallest absolute Gasteiger partial charge is 0.462 e. The third-order valence-corrected chi connectivity index (χ3v) is 20.0. The van der Waals surface area contributed by atoms with Gasteiger partial charge in [0.1, 0.15) is 19.3 Å². The minimum Gasteiger partial charge on any atom is -0.462 e. The first kappa shape index (κ1) is 95.1. The fourth-order valence-corrected chi connectivity index (χ4v) is 13.5. The number of carbonyl (C=O) groups is 4. The molecule has 0 saturated heterocycles. The molecule has 0 fully saturated rings. The Bertz CT molecular complexity index is 1890. The Balaban J connectivity index is 5.27. The number of unbranched alkanes of at least 4 members (excludes halogenated alkanes) is 44. The van der Waals surface area contributed by atoms with Crippen LogP contribution in [0.4, 0.5) is 0 Å². The van der Waals surface area contributed by atoms with Crippen molar-refractivity contribution in [1.29, 1.82) is 0 Å². The van der Waals surface area contributed by atoms with Crippen LogP contribution in [0.15, 0.2) is 0 Å². The number of aliphatic hydroxyl groups is 1. The van der Waals surface area contributed by atoms with Crippen LogP contribution in [0.1, 0.15) is 402 Å². The van der Waals surface area contributed by atoms with Gasteiger partial charge >= 0.3 is 39.5 Å². The van der Waals surface area contributed by atoms with Crippen LogP contribution in [0.5, 0.6) is 0 Å². The predicted molar refractivity (Wildman–Crippen MR) is 395 cm³/mol. The van der Waals surface area contributed by atoms with Gasteiger partial charge in [0.15, 0.2) is 12.2 Å². The summed E-state index contributed by atoms with van der Waals surface area (Å²) in [5.41, 5.74) is 0. The third-order valence-electron chi connectivity index (χ3n) is 18.1. The molecule has 2 unspecified atom stereocenters. The molecule has 0 rings (SSSR count). The van der Waals surface area contributed by atoms with E-state index >= 15 is 0 Å². The molecule has 0 aliphatic carbocycles. The quantitative estimate of drug-likeness (QED) is 0.0222. The summed E-state index contributed by atoms with van der Waals surface area (Å²) in [4.78, 5) is 72.9. The Kier molecular flexibility index (Phi) is 67.1. The second kappa shape index (κ2) is 68.5. The fourth-order valence-electron chi connectivity index (χ4n) is 12.0. The second-order valence-electron chi connectivity index (χ2n) is 29.5. The summed E-state index contributed by atoms with van der Waals surface area (Å²) in [7, 11) is -9.92. The van der Waals surface area contributed by atoms with Crippen molar-refractivity contribution in [2.75, 3.05) is 39.6 Å². The van der Waals surface area contributed by atoms with E-state index < -0.39 is 97.5 Å². The largest absolute Gasteiger partial charge is 0.472 e. The molecule has 0 aromatic carbocycles. The number of ether oxygens (including phenoxy) is 4. The van der Waals surface area contributed by atoms with Crippen molar-refractivity contribution in [2.24, 2.45) is 17.8 Å². The lowest BCUT2D eigenvalue weighted by Gasteiger charge is -2.21. The number of carbonyl (C=O) groups excluding carboxylic acids is 4. The minimum absolute atomic E-state index is 0.107. The highest BCUT2D eigenvalue weighted by Gasteiger charge is 2.30. The highest BCUT2D eigenvalue weighted by molar-refractivity contribution is 7.47. The third kappa shape index (κ3) is 72.2. The van der Waals surface area contributed by atoms with Crippen LogP contribution in [-0.2, 0) is 65.4 Å². The second-order valence-corrected chi connectivity index (χ2v) is 32.4. The highest BCUT2D eigenvalue weighted by Crippen LogP contribution is 2.45. The summed E-state index contributed by atoms with van der Waals surface area (Å²) >= 11 is 0. The topological polar surface area (TPSA) is 237 Å². The van der Waals surface area contributed by atoms with Crippen LogP contribution in [-0.4, -0.2) is 96.7 Å². The van der Waals surface area contributed by atoms with Crippen LogP contribution in [0, 0.1) is 17.8 Å². The SMILES string of the molecule is CCCCCCCCCCCCCCC(=O)OC[C@H](COP(=O)(O)OC[C@H](O)COP(=O)(O)OC[C@@H](COC(=O)CCCCCCCCCCCCCC(C)C)OC(=O)CCCCCCCCCCCCCCCCC(C)C)OC(=O)CCCCCCCCCCCCCC(C)C. The van der Waals surface area contributed by atoms with E-state index in [1.165, 1.54) is 212 Å². The molecule has 0 saturated carbocycles. The standard InChI is InChI=1S/C78H152O17P2/c1-8-9-10-11-12-13-14-24-31-38-45-52-59-75(80)88-65-74(95-78(83)62-55-48-41-34-27-20-23-30-37-44-51-58-71(6)7)68-93-97(86,87)91-64-72(79)63-90-96(84,85)92-67-73(66-89-76(81)60-53-46-39-32-26-19-22-29-36-43-50-57-70(4)5)94-77(82)61-54-47-40-33-25-18-16-15-17-21-28-35-42-49-56-69(2)3/h69-74,79H,8-68H2,1-7H3,(H,84,85)(H,86,87)/t72-,73-,74-/m1/s1. The van der Waals surface area contributed by atoms with Gasteiger partial charge in [-0.15, -0.1) is 0 Å². The molecule has 0 heterocycles. The normalized spacial score (nSPS) is 14.0. The number of phosphoric ester groups is 2. The number of hydrogen-bond acceptors (Lipinski definition) is 15. The van der Waals surface area contributed by atoms with Crippen molar-refractivity contribution in [3.8, 4) is 0 Å². The zero-order valence-electron chi connectivity index (χ0n) is 63.5. The lowest BCUT2D eigenvalue weighted by Crippen LogP contribution is -2.30. The van der Waals surface area contributed by atoms with E-state index in [9.17, 15) is 43.2 Å². The molecule has 19 heteroatoms. The molecule has 0 amide bonds. The van der Waals surface area contributed by atoms with Crippen molar-refractivity contribution < 1.29 is 80.2 Å². The minimum atomic E-state index is -4.96. The maximum Gasteiger partial charge on any atom is 0.472 e. The first-order chi connectivity index (χ1) is 46.7. The zero-order valence-corrected chi connectivity index (χ0v) is 65.3. The maximum atomic E-state index is 13.1. The van der Waals surface area contributed by atoms with Gasteiger partial charge in [0.2, 0.25) is 0 Å². The number of esters is 4. The van der Waals surface area contributed by atoms with Gasteiger partial charge in [0.05, 0.1) is 26.4 Å². The van der Waals surface area contributed by atoms with E-state index in [0.29, 0.717) is 25.7 Å². The number of rotatable bonds is 76. The number of aliphatic hydroxyl groups excluding tert-OH is 1. The van der Waals surface area contributed by atoms with Gasteiger partial charge in [-0.1, -0.05) is 350 Å². The molecule has 17 nitrogen and oxygen atoms in total. The van der Waals surface area contributed by atoms with Crippen LogP contribution >= 0.6 is 15.6 Å². The zero-order chi connectivity index (χ0) is 71.6. The van der Waals surface area contributed by atoms with E-state index in [1.807, 2.05) is 0 Å². The molecule has 0 aliphatic rings. The van der Waals surface area contributed by atoms with Crippen LogP contribution < -0.4 is 0 Å². The molecule has 3 N–H and O–H groups in total. The van der Waals surface area contributed by atoms with Crippen molar-refractivity contribution in [1.82, 2.24) is 0 Å². The van der Waals surface area contributed by atoms with Crippen LogP contribution in [0.25, 0.3) is 0 Å². The van der Waals surface area contributed by atoms with Gasteiger partial charge in [-0.05, 0) is 43.4 Å². The summed E-state index contributed by atoms with van der Waals surface area (Å²) in [6.07, 6.45) is 55.3. The summed E-state index contributed by atoms with van der Waals surface area (Å²) in [5.74, 6) is 0.219. The van der Waals surface area contributed by atoms with E-state index in [1.54, 1.807) is 0 Å². The molecule has 5 atom stereocenters. The first-order valence-corrected chi connectivity index (χ1v) is 43.3. The molecule has 0 aliphatic heterocycles. The number of phosphoric acid groups is 2. The Morgan fingerprint density at radius 2 is 0.474 bits per heavy atom. The summed E-state index contributed by atoms with van der Waals surface area (Å²) in [5, 5.41) is 10.6. The van der Waals surface area contributed by atoms with E-state index in [0.717, 1.165) is 108 Å². The Hall–Kier alpha value is -1.94. The van der Waals surface area contributed by atoms with E-state index in [4.69, 9.17) is 37.0 Å². The average Bonchev–Trinajstić information content (AvgIpc) is 2.05. The summed E-state index contributed by atoms with van der Waals surface area (Å²) in [6.45, 7) is 11.9. The van der Waals surface area contributed by atoms with Gasteiger partial charge in [0, 0.05) is 25.7 Å². The lowest BCUT2D eigenvalue weighted by atomic mass is 10.0. The molecule has 0 spiro atoms. The Morgan fingerprint density at radius 3 is 0.701 bits per heavy atom. The molecular weight excluding hydrogens is 1270 g/mol. The van der Waals surface area contributed by atoms with Crippen molar-refractivity contribution in [2.45, 2.75) is 420 Å². The summed E-state index contributed by atoms with van der Waals surface area (Å²) < 4.78 is 68.6. The average molecular weight is 1420 g/mol. The molecular formula is C78H152O17P2. The van der Waals surface area contributed by atoms with Gasteiger partial charge in [0.25, 0.3) is 0 Å². The molecule has 0 bridgehead atoms.